The summed E-state index contributed by atoms with van der Waals surface area (Å²) in [5, 5.41) is 3.46. The Kier molecular flexibility index (Phi) is 4.93. The van der Waals surface area contributed by atoms with Crippen LogP contribution in [-0.4, -0.2) is 18.8 Å². The van der Waals surface area contributed by atoms with Gasteiger partial charge in [-0.15, -0.1) is 0 Å². The van der Waals surface area contributed by atoms with Crippen molar-refractivity contribution in [2.24, 2.45) is 10.9 Å². The Hall–Kier alpha value is -2.82. The Bertz CT molecular complexity index is 639. The van der Waals surface area contributed by atoms with Gasteiger partial charge in [0.25, 0.3) is 0 Å². The molecule has 0 unspecified atom stereocenters. The molecular weight excluding hydrogens is 268 g/mol. The summed E-state index contributed by atoms with van der Waals surface area (Å²) in [5.41, 5.74) is 1.24. The van der Waals surface area contributed by atoms with Crippen molar-refractivity contribution in [3.05, 3.63) is 59.7 Å². The van der Waals surface area contributed by atoms with E-state index in [1.165, 1.54) is 6.21 Å². The first-order chi connectivity index (χ1) is 10.2. The summed E-state index contributed by atoms with van der Waals surface area (Å²) in [6.07, 6.45) is 1.49. The van der Waals surface area contributed by atoms with Crippen LogP contribution < -0.4 is 15.3 Å². The van der Waals surface area contributed by atoms with Crippen molar-refractivity contribution in [1.82, 2.24) is 0 Å². The summed E-state index contributed by atoms with van der Waals surface area (Å²) < 4.78 is 10.9. The molecule has 2 aromatic carbocycles. The molecule has 108 valence electrons. The number of nitrogens with two attached hydrogens (primary N) is 1. The van der Waals surface area contributed by atoms with E-state index in [2.05, 4.69) is 5.10 Å². The molecule has 21 heavy (non-hydrogen) atoms. The minimum absolute atomic E-state index is 0.361. The van der Waals surface area contributed by atoms with Gasteiger partial charge in [-0.25, -0.2) is 4.79 Å². The second-order valence-electron chi connectivity index (χ2n) is 4.17. The molecule has 5 heteroatoms. The van der Waals surface area contributed by atoms with Crippen LogP contribution in [0.1, 0.15) is 22.8 Å². The molecule has 0 amide bonds. The van der Waals surface area contributed by atoms with Gasteiger partial charge in [0.05, 0.1) is 18.4 Å². The average molecular weight is 284 g/mol. The fourth-order valence-electron chi connectivity index (χ4n) is 1.78. The number of esters is 1. The zero-order chi connectivity index (χ0) is 15.1. The second-order valence-corrected chi connectivity index (χ2v) is 4.17. The van der Waals surface area contributed by atoms with E-state index >= 15 is 0 Å². The van der Waals surface area contributed by atoms with Crippen molar-refractivity contribution in [2.45, 2.75) is 6.92 Å². The lowest BCUT2D eigenvalue weighted by Crippen LogP contribution is -2.09. The van der Waals surface area contributed by atoms with E-state index < -0.39 is 5.97 Å². The third-order valence-corrected chi connectivity index (χ3v) is 2.70. The Balaban J connectivity index is 2.24. The first-order valence-corrected chi connectivity index (χ1v) is 6.52. The van der Waals surface area contributed by atoms with Crippen molar-refractivity contribution in [3.8, 4) is 11.5 Å². The maximum atomic E-state index is 12.1. The first kappa shape index (κ1) is 14.6. The lowest BCUT2D eigenvalue weighted by atomic mass is 10.2. The fourth-order valence-corrected chi connectivity index (χ4v) is 1.78. The molecule has 0 aliphatic carbocycles. The van der Waals surface area contributed by atoms with Crippen molar-refractivity contribution >= 4 is 12.2 Å². The van der Waals surface area contributed by atoms with E-state index in [1.807, 2.05) is 13.0 Å². The van der Waals surface area contributed by atoms with Gasteiger partial charge in [0.15, 0.2) is 11.5 Å². The maximum Gasteiger partial charge on any atom is 0.343 e. The normalized spacial score (nSPS) is 10.5. The number of hydrogen-bond donors (Lipinski definition) is 1. The summed E-state index contributed by atoms with van der Waals surface area (Å²) in [5.74, 6) is 5.52. The van der Waals surface area contributed by atoms with E-state index in [0.717, 1.165) is 5.56 Å². The van der Waals surface area contributed by atoms with Gasteiger partial charge in [-0.2, -0.15) is 5.10 Å². The van der Waals surface area contributed by atoms with Crippen LogP contribution >= 0.6 is 0 Å². The highest BCUT2D eigenvalue weighted by Gasteiger charge is 2.12. The molecule has 0 spiro atoms. The molecule has 0 saturated carbocycles. The summed E-state index contributed by atoms with van der Waals surface area (Å²) in [7, 11) is 0. The van der Waals surface area contributed by atoms with Gasteiger partial charge in [-0.3, -0.25) is 0 Å². The number of rotatable bonds is 5. The van der Waals surface area contributed by atoms with Crippen molar-refractivity contribution < 1.29 is 14.3 Å². The Morgan fingerprint density at radius 2 is 1.95 bits per heavy atom. The zero-order valence-corrected chi connectivity index (χ0v) is 11.7. The SMILES string of the molecule is CCOc1cc(C=NN)ccc1OC(=O)c1ccccc1. The van der Waals surface area contributed by atoms with Crippen molar-refractivity contribution in [2.75, 3.05) is 6.61 Å². The minimum atomic E-state index is -0.434. The number of ether oxygens (including phenoxy) is 2. The molecule has 0 radical (unpaired) electrons. The molecule has 0 aliphatic rings. The van der Waals surface area contributed by atoms with Crippen LogP contribution in [0.4, 0.5) is 0 Å². The number of benzene rings is 2. The number of hydrogen-bond acceptors (Lipinski definition) is 5. The molecule has 0 aromatic heterocycles. The first-order valence-electron chi connectivity index (χ1n) is 6.52. The predicted octanol–water partition coefficient (Wildman–Crippen LogP) is 2.60. The second kappa shape index (κ2) is 7.09. The number of nitrogens with zero attached hydrogens (tertiary/aromatic N) is 1. The molecule has 0 atom stereocenters. The molecule has 0 saturated heterocycles. The quantitative estimate of drug-likeness (QED) is 0.301. The summed E-state index contributed by atoms with van der Waals surface area (Å²) in [6.45, 7) is 2.31. The minimum Gasteiger partial charge on any atom is -0.490 e. The van der Waals surface area contributed by atoms with Gasteiger partial charge in [0, 0.05) is 0 Å². The van der Waals surface area contributed by atoms with E-state index in [4.69, 9.17) is 15.3 Å². The van der Waals surface area contributed by atoms with Gasteiger partial charge >= 0.3 is 5.97 Å². The van der Waals surface area contributed by atoms with Gasteiger partial charge in [-0.05, 0) is 42.8 Å². The van der Waals surface area contributed by atoms with Crippen LogP contribution in [-0.2, 0) is 0 Å². The highest BCUT2D eigenvalue weighted by atomic mass is 16.6. The average Bonchev–Trinajstić information content (AvgIpc) is 2.51. The fraction of sp³-hybridized carbons (Fsp3) is 0.125. The zero-order valence-electron chi connectivity index (χ0n) is 11.7. The molecule has 2 N–H and O–H groups in total. The van der Waals surface area contributed by atoms with Crippen LogP contribution in [0.5, 0.6) is 11.5 Å². The third kappa shape index (κ3) is 3.82. The topological polar surface area (TPSA) is 73.9 Å². The highest BCUT2D eigenvalue weighted by molar-refractivity contribution is 5.91. The van der Waals surface area contributed by atoms with Gasteiger partial charge in [-0.1, -0.05) is 18.2 Å². The molecule has 2 rings (SSSR count). The third-order valence-electron chi connectivity index (χ3n) is 2.70. The van der Waals surface area contributed by atoms with Gasteiger partial charge < -0.3 is 15.3 Å². The summed E-state index contributed by atoms with van der Waals surface area (Å²) in [4.78, 5) is 12.1. The largest absolute Gasteiger partial charge is 0.490 e. The lowest BCUT2D eigenvalue weighted by Gasteiger charge is -2.11. The van der Waals surface area contributed by atoms with Crippen LogP contribution in [0.2, 0.25) is 0 Å². The van der Waals surface area contributed by atoms with Crippen LogP contribution in [0.25, 0.3) is 0 Å². The van der Waals surface area contributed by atoms with Crippen LogP contribution in [0.15, 0.2) is 53.6 Å². The number of carbonyl (C=O) groups is 1. The molecule has 0 heterocycles. The molecule has 0 aliphatic heterocycles. The summed E-state index contributed by atoms with van der Waals surface area (Å²) in [6, 6.07) is 13.9. The molecular formula is C16H16N2O3. The molecule has 0 fully saturated rings. The lowest BCUT2D eigenvalue weighted by molar-refractivity contribution is 0.0728. The van der Waals surface area contributed by atoms with Crippen molar-refractivity contribution in [1.29, 1.82) is 0 Å². The number of carbonyl (C=O) groups excluding carboxylic acids is 1. The Morgan fingerprint density at radius 3 is 2.62 bits per heavy atom. The van der Waals surface area contributed by atoms with Gasteiger partial charge in [0.2, 0.25) is 0 Å². The molecule has 2 aromatic rings. The van der Waals surface area contributed by atoms with Crippen LogP contribution in [0, 0.1) is 0 Å². The number of hydrazone groups is 1. The monoisotopic (exact) mass is 284 g/mol. The standard InChI is InChI=1S/C16H16N2O3/c1-2-20-15-10-12(11-18-17)8-9-14(15)21-16(19)13-6-4-3-5-7-13/h3-11H,2,17H2,1H3. The Morgan fingerprint density at radius 1 is 1.19 bits per heavy atom. The predicted molar refractivity (Wildman–Crippen MR) is 80.8 cm³/mol. The van der Waals surface area contributed by atoms with E-state index in [1.54, 1.807) is 42.5 Å². The van der Waals surface area contributed by atoms with E-state index in [9.17, 15) is 4.79 Å². The van der Waals surface area contributed by atoms with Crippen LogP contribution in [0.3, 0.4) is 0 Å². The van der Waals surface area contributed by atoms with Gasteiger partial charge in [0.1, 0.15) is 0 Å². The Labute approximate surface area is 123 Å². The molecule has 0 bridgehead atoms. The van der Waals surface area contributed by atoms with E-state index in [0.29, 0.717) is 23.7 Å². The smallest absolute Gasteiger partial charge is 0.343 e. The van der Waals surface area contributed by atoms with Crippen molar-refractivity contribution in [3.63, 3.8) is 0 Å². The van der Waals surface area contributed by atoms with E-state index in [-0.39, 0.29) is 0 Å². The summed E-state index contributed by atoms with van der Waals surface area (Å²) >= 11 is 0. The highest BCUT2D eigenvalue weighted by Crippen LogP contribution is 2.28. The molecule has 5 nitrogen and oxygen atoms in total. The maximum absolute atomic E-state index is 12.1.